The largest absolute Gasteiger partial charge is 0.368 e. The van der Waals surface area contributed by atoms with Gasteiger partial charge >= 0.3 is 0 Å². The quantitative estimate of drug-likeness (QED) is 0.272. The summed E-state index contributed by atoms with van der Waals surface area (Å²) in [5, 5.41) is 0. The second-order valence-corrected chi connectivity index (χ2v) is 1.28. The molecule has 8 heavy (non-hydrogen) atoms. The molecule has 0 rings (SSSR count). The number of amides is 2. The monoisotopic (exact) mass is 120 g/mol. The molecule has 2 amide bonds. The van der Waals surface area contributed by atoms with Crippen molar-refractivity contribution in [3.05, 3.63) is 0 Å². The van der Waals surface area contributed by atoms with Gasteiger partial charge < -0.3 is 17.2 Å². The Balaban J connectivity index is 3.83. The first-order valence-corrected chi connectivity index (χ1v) is 1.90. The molecule has 5 heteroatoms. The number of nitrogens with two attached hydrogens (primary N) is 3. The van der Waals surface area contributed by atoms with Crippen LogP contribution < -0.4 is 17.2 Å². The van der Waals surface area contributed by atoms with Crippen molar-refractivity contribution in [3.63, 3.8) is 0 Å². The van der Waals surface area contributed by atoms with Crippen LogP contribution in [0.15, 0.2) is 0 Å². The van der Waals surface area contributed by atoms with Crippen LogP contribution in [0.5, 0.6) is 0 Å². The first-order chi connectivity index (χ1) is 3.55. The van der Waals surface area contributed by atoms with Gasteiger partial charge in [0.05, 0.1) is 0 Å². The molecule has 0 unspecified atom stereocenters. The number of hydrogen-bond donors (Lipinski definition) is 3. The van der Waals surface area contributed by atoms with Crippen molar-refractivity contribution >= 4 is 11.8 Å². The van der Waals surface area contributed by atoms with Crippen LogP contribution in [-0.4, -0.2) is 17.9 Å². The fourth-order valence-corrected chi connectivity index (χ4v) is 0.140. The summed E-state index contributed by atoms with van der Waals surface area (Å²) in [6, 6.07) is -1.35. The molecule has 0 aliphatic rings. The zero-order valence-corrected chi connectivity index (χ0v) is 4.13. The molecule has 0 saturated heterocycles. The second-order valence-electron chi connectivity index (χ2n) is 1.28. The highest BCUT2D eigenvalue weighted by Crippen LogP contribution is 1.69. The second kappa shape index (κ2) is 2.27. The van der Waals surface area contributed by atoms with Crippen LogP contribution in [0.4, 0.5) is 0 Å². The van der Waals surface area contributed by atoms with E-state index in [0.29, 0.717) is 0 Å². The lowest BCUT2D eigenvalue weighted by molar-refractivity contribution is -0.127. The van der Waals surface area contributed by atoms with Gasteiger partial charge in [0.2, 0.25) is 11.8 Å². The van der Waals surface area contributed by atoms with Gasteiger partial charge in [-0.3, -0.25) is 9.59 Å². The summed E-state index contributed by atoms with van der Waals surface area (Å²) in [4.78, 5) is 19.9. The van der Waals surface area contributed by atoms with Crippen LogP contribution in [0.1, 0.15) is 0 Å². The van der Waals surface area contributed by atoms with E-state index in [4.69, 9.17) is 5.73 Å². The molecule has 5 nitrogen and oxygen atoms in total. The molecular formula is C3H7N3O2. The van der Waals surface area contributed by atoms with Crippen molar-refractivity contribution in [2.45, 2.75) is 6.04 Å². The smallest absolute Gasteiger partial charge is 0.244 e. The summed E-state index contributed by atoms with van der Waals surface area (Å²) in [6.45, 7) is 0. The minimum atomic E-state index is -1.35. The van der Waals surface area contributed by atoms with Crippen molar-refractivity contribution < 1.29 is 9.59 Å². The number of rotatable bonds is 2. The van der Waals surface area contributed by atoms with E-state index in [-0.39, 0.29) is 0 Å². The van der Waals surface area contributed by atoms with Gasteiger partial charge in [-0.1, -0.05) is 0 Å². The van der Waals surface area contributed by atoms with Crippen LogP contribution in [0, 0.1) is 0 Å². The Bertz CT molecular complexity index is 108. The van der Waals surface area contributed by atoms with Crippen molar-refractivity contribution in [1.82, 2.24) is 0 Å². The minimum Gasteiger partial charge on any atom is -0.368 e. The maximum Gasteiger partial charge on any atom is 0.244 e. The molecule has 0 aliphatic heterocycles. The van der Waals surface area contributed by atoms with Gasteiger partial charge in [-0.05, 0) is 0 Å². The van der Waals surface area contributed by atoms with Gasteiger partial charge in [0.25, 0.3) is 0 Å². The topological polar surface area (TPSA) is 112 Å². The van der Waals surface area contributed by atoms with Gasteiger partial charge in [0, 0.05) is 0 Å². The summed E-state index contributed by atoms with van der Waals surface area (Å²) in [7, 11) is 0. The predicted octanol–water partition coefficient (Wildman–Crippen LogP) is -2.72. The average molecular weight is 120 g/mol. The highest BCUT2D eigenvalue weighted by molar-refractivity contribution is 6.02. The molecule has 0 spiro atoms. The van der Waals surface area contributed by atoms with E-state index >= 15 is 0 Å². The minimum absolute atomic E-state index is 0.905. The van der Waals surface area contributed by atoms with Gasteiger partial charge in [-0.2, -0.15) is 0 Å². The fourth-order valence-electron chi connectivity index (χ4n) is 0.140. The van der Waals surface area contributed by atoms with Crippen LogP contribution in [0.3, 0.4) is 0 Å². The van der Waals surface area contributed by atoms with E-state index in [1.807, 2.05) is 0 Å². The van der Waals surface area contributed by atoms with Crippen LogP contribution in [0.25, 0.3) is 0 Å². The third-order valence-electron chi connectivity index (χ3n) is 0.613. The summed E-state index contributed by atoms with van der Waals surface area (Å²) < 4.78 is 0. The molecule has 0 aliphatic carbocycles. The van der Waals surface area contributed by atoms with Gasteiger partial charge in [0.15, 0.2) is 6.04 Å². The van der Waals surface area contributed by atoms with Crippen LogP contribution in [0.2, 0.25) is 0 Å². The molecule has 0 aromatic heterocycles. The molecule has 6 N–H and O–H groups in total. The first-order valence-electron chi connectivity index (χ1n) is 1.90. The van der Waals surface area contributed by atoms with E-state index in [9.17, 15) is 9.59 Å². The number of carbonyl (C=O) groups is 2. The lowest BCUT2D eigenvalue weighted by Crippen LogP contribution is -2.46. The molecule has 0 fully saturated rings. The number of primary amides is 2. The Kier molecular flexibility index (Phi) is 1.96. The zero-order valence-electron chi connectivity index (χ0n) is 4.13. The van der Waals surface area contributed by atoms with E-state index in [1.165, 1.54) is 0 Å². The third-order valence-corrected chi connectivity index (χ3v) is 0.613. The van der Waals surface area contributed by atoms with E-state index in [1.54, 1.807) is 0 Å². The molecule has 0 atom stereocenters. The van der Waals surface area contributed by atoms with Crippen molar-refractivity contribution in [1.29, 1.82) is 0 Å². The van der Waals surface area contributed by atoms with Crippen molar-refractivity contribution in [2.75, 3.05) is 0 Å². The molecule has 0 aromatic carbocycles. The lowest BCUT2D eigenvalue weighted by atomic mass is 10.3. The van der Waals surface area contributed by atoms with E-state index in [0.717, 1.165) is 0 Å². The maximum atomic E-state index is 9.94. The highest BCUT2D eigenvalue weighted by Gasteiger charge is 2.14. The van der Waals surface area contributed by atoms with E-state index in [2.05, 4.69) is 11.5 Å². The number of hydrogen-bond acceptors (Lipinski definition) is 3. The summed E-state index contributed by atoms with van der Waals surface area (Å²) in [6.07, 6.45) is 0. The SMILES string of the molecule is [15NH2]C(=O)C([15NH2])C([15NH2])=O. The van der Waals surface area contributed by atoms with E-state index < -0.39 is 17.9 Å². The summed E-state index contributed by atoms with van der Waals surface area (Å²) >= 11 is 0. The average Bonchev–Trinajstić information content (AvgIpc) is 1.64. The Labute approximate surface area is 45.8 Å². The maximum absolute atomic E-state index is 9.94. The Hall–Kier alpha value is -1.10. The molecule has 46 valence electrons. The Morgan fingerprint density at radius 1 is 1.12 bits per heavy atom. The van der Waals surface area contributed by atoms with Gasteiger partial charge in [-0.25, -0.2) is 0 Å². The fraction of sp³-hybridized carbons (Fsp3) is 0.333. The molecule has 0 heterocycles. The van der Waals surface area contributed by atoms with Crippen LogP contribution >= 0.6 is 0 Å². The summed E-state index contributed by atoms with van der Waals surface area (Å²) in [5.41, 5.74) is 14.0. The van der Waals surface area contributed by atoms with Crippen molar-refractivity contribution in [2.24, 2.45) is 17.2 Å². The van der Waals surface area contributed by atoms with Gasteiger partial charge in [-0.15, -0.1) is 0 Å². The highest BCUT2D eigenvalue weighted by atomic mass is 16.2. The zero-order chi connectivity index (χ0) is 6.73. The normalized spacial score (nSPS) is 9.25. The molecule has 0 bridgehead atoms. The van der Waals surface area contributed by atoms with Gasteiger partial charge in [0.1, 0.15) is 0 Å². The Morgan fingerprint density at radius 3 is 1.38 bits per heavy atom. The third kappa shape index (κ3) is 1.57. The standard InChI is InChI=1S/C3H7N3O2/c4-1(2(5)7)3(6)8/h1H,4H2,(H2,5,7)(H2,6,8)/i4+1,5+1,6+1. The predicted molar refractivity (Wildman–Crippen MR) is 26.4 cm³/mol. The van der Waals surface area contributed by atoms with Crippen LogP contribution in [-0.2, 0) is 9.59 Å². The summed E-state index contributed by atoms with van der Waals surface area (Å²) in [5.74, 6) is -1.81. The molecule has 0 aromatic rings. The molecule has 0 radical (unpaired) electrons. The number of carbonyl (C=O) groups excluding carboxylic acids is 2. The molecular weight excluding hydrogens is 113 g/mol. The molecule has 0 saturated carbocycles. The lowest BCUT2D eigenvalue weighted by Gasteiger charge is -1.97. The van der Waals surface area contributed by atoms with Crippen molar-refractivity contribution in [3.8, 4) is 0 Å². The first kappa shape index (κ1) is 6.90. The Morgan fingerprint density at radius 2 is 1.38 bits per heavy atom.